The van der Waals surface area contributed by atoms with Crippen molar-refractivity contribution in [2.24, 2.45) is 0 Å². The molecule has 0 radical (unpaired) electrons. The van der Waals surface area contributed by atoms with Gasteiger partial charge < -0.3 is 10.2 Å². The number of aliphatic hydroxyl groups is 2. The summed E-state index contributed by atoms with van der Waals surface area (Å²) in [5.74, 6) is 0. The molecular weight excluding hydrogens is 437 g/mol. The van der Waals surface area contributed by atoms with Gasteiger partial charge in [-0.15, -0.1) is 0 Å². The molecule has 2 rings (SSSR count). The van der Waals surface area contributed by atoms with Crippen LogP contribution in [-0.2, 0) is 0 Å². The fraction of sp³-hybridized carbons (Fsp3) is 1.00. The molecule has 2 aliphatic carbocycles. The van der Waals surface area contributed by atoms with Crippen LogP contribution in [0.3, 0.4) is 0 Å². The van der Waals surface area contributed by atoms with Gasteiger partial charge in [0.05, 0.1) is 12.2 Å². The summed E-state index contributed by atoms with van der Waals surface area (Å²) < 4.78 is 0. The first-order chi connectivity index (χ1) is 8.79. The molecule has 0 aromatic heterocycles. The normalized spacial score (nSPS) is 21.8. The molecule has 0 heterocycles. The standard InChI is InChI=1S/2C6H12O.4ClH.Sn/c2*7-6-4-2-1-3-5-6;;;;;/h2*6-7H,1-5H2;4*1H;/q;;;;;;+4/p-4. The summed E-state index contributed by atoms with van der Waals surface area (Å²) in [4.78, 5) is 0. The Morgan fingerprint density at radius 3 is 0.895 bits per heavy atom. The Morgan fingerprint density at radius 1 is 0.579 bits per heavy atom. The van der Waals surface area contributed by atoms with Gasteiger partial charge in [-0.05, 0) is 25.7 Å². The molecule has 0 spiro atoms. The van der Waals surface area contributed by atoms with E-state index in [0.29, 0.717) is 0 Å². The van der Waals surface area contributed by atoms with Crippen molar-refractivity contribution in [2.45, 2.75) is 76.4 Å². The molecule has 0 amide bonds. The summed E-state index contributed by atoms with van der Waals surface area (Å²) in [7, 11) is 20.1. The molecular formula is C12H24Cl4O2Sn. The van der Waals surface area contributed by atoms with Crippen LogP contribution in [0.4, 0.5) is 0 Å². The molecule has 2 aliphatic rings. The molecule has 7 heteroatoms. The molecule has 0 atom stereocenters. The molecule has 0 aromatic rings. The summed E-state index contributed by atoms with van der Waals surface area (Å²) in [6.45, 7) is 0. The van der Waals surface area contributed by atoms with Crippen molar-refractivity contribution in [3.05, 3.63) is 0 Å². The van der Waals surface area contributed by atoms with Crippen molar-refractivity contribution in [1.29, 1.82) is 0 Å². The van der Waals surface area contributed by atoms with Gasteiger partial charge in [-0.2, -0.15) is 0 Å². The first kappa shape index (κ1) is 20.9. The zero-order valence-electron chi connectivity index (χ0n) is 11.1. The van der Waals surface area contributed by atoms with E-state index >= 15 is 0 Å². The van der Waals surface area contributed by atoms with Crippen LogP contribution < -0.4 is 0 Å². The van der Waals surface area contributed by atoms with Crippen molar-refractivity contribution in [3.63, 3.8) is 0 Å². The molecule has 2 saturated carbocycles. The summed E-state index contributed by atoms with van der Waals surface area (Å²) in [6.07, 6.45) is 11.8. The van der Waals surface area contributed by atoms with Gasteiger partial charge >= 0.3 is 49.6 Å². The van der Waals surface area contributed by atoms with Crippen LogP contribution in [0.5, 0.6) is 0 Å². The molecule has 2 nitrogen and oxygen atoms in total. The molecule has 2 fully saturated rings. The van der Waals surface area contributed by atoms with E-state index < -0.39 is 13.9 Å². The first-order valence-electron chi connectivity index (χ1n) is 6.91. The third-order valence-corrected chi connectivity index (χ3v) is 3.15. The van der Waals surface area contributed by atoms with Crippen LogP contribution in [0.1, 0.15) is 64.2 Å². The van der Waals surface area contributed by atoms with Gasteiger partial charge in [-0.25, -0.2) is 0 Å². The molecule has 116 valence electrons. The molecule has 0 saturated heterocycles. The Bertz CT molecular complexity index is 180. The summed E-state index contributed by atoms with van der Waals surface area (Å²) in [5.41, 5.74) is 0. The fourth-order valence-corrected chi connectivity index (χ4v) is 2.16. The van der Waals surface area contributed by atoms with E-state index in [1.54, 1.807) is 0 Å². The molecule has 2 N–H and O–H groups in total. The van der Waals surface area contributed by atoms with E-state index in [9.17, 15) is 0 Å². The zero-order chi connectivity index (χ0) is 14.7. The Hall–Kier alpha value is 1.88. The zero-order valence-corrected chi connectivity index (χ0v) is 17.0. The van der Waals surface area contributed by atoms with Crippen LogP contribution in [0.25, 0.3) is 0 Å². The first-order valence-corrected chi connectivity index (χ1v) is 21.4. The van der Waals surface area contributed by atoms with Crippen LogP contribution in [0.15, 0.2) is 0 Å². The van der Waals surface area contributed by atoms with E-state index in [4.69, 9.17) is 45.9 Å². The van der Waals surface area contributed by atoms with Gasteiger partial charge in [0.25, 0.3) is 0 Å². The summed E-state index contributed by atoms with van der Waals surface area (Å²) in [6, 6.07) is 0. The Kier molecular flexibility index (Phi) is 13.7. The molecule has 0 bridgehead atoms. The SMILES string of the molecule is OC1CCCCC1.OC1CCCCC1.[Cl][Sn]([Cl])([Cl])[Cl]. The van der Waals surface area contributed by atoms with Gasteiger partial charge in [-0.3, -0.25) is 0 Å². The van der Waals surface area contributed by atoms with E-state index in [1.165, 1.54) is 38.5 Å². The number of rotatable bonds is 0. The molecule has 0 aromatic carbocycles. The quantitative estimate of drug-likeness (QED) is 0.499. The number of halogens is 4. The minimum atomic E-state index is -3.29. The van der Waals surface area contributed by atoms with Gasteiger partial charge in [-0.1, -0.05) is 38.5 Å². The third kappa shape index (κ3) is 19.9. The van der Waals surface area contributed by atoms with Crippen molar-refractivity contribution in [3.8, 4) is 0 Å². The Labute approximate surface area is 135 Å². The Balaban J connectivity index is 0.000000261. The topological polar surface area (TPSA) is 40.5 Å². The average Bonchev–Trinajstić information content (AvgIpc) is 2.29. The second-order valence-corrected chi connectivity index (χ2v) is 30.5. The van der Waals surface area contributed by atoms with Gasteiger partial charge in [0, 0.05) is 0 Å². The van der Waals surface area contributed by atoms with Crippen LogP contribution >= 0.6 is 35.7 Å². The van der Waals surface area contributed by atoms with Crippen molar-refractivity contribution in [2.75, 3.05) is 0 Å². The van der Waals surface area contributed by atoms with Gasteiger partial charge in [0.15, 0.2) is 0 Å². The van der Waals surface area contributed by atoms with E-state index in [2.05, 4.69) is 0 Å². The van der Waals surface area contributed by atoms with E-state index in [1.807, 2.05) is 0 Å². The number of hydrogen-bond donors (Lipinski definition) is 2. The minimum absolute atomic E-state index is 0.0359. The van der Waals surface area contributed by atoms with Crippen molar-refractivity contribution >= 4 is 49.6 Å². The Morgan fingerprint density at radius 2 is 0.789 bits per heavy atom. The third-order valence-electron chi connectivity index (χ3n) is 3.15. The van der Waals surface area contributed by atoms with Crippen molar-refractivity contribution < 1.29 is 10.2 Å². The second kappa shape index (κ2) is 12.4. The maximum atomic E-state index is 8.91. The second-order valence-electron chi connectivity index (χ2n) is 5.01. The van der Waals surface area contributed by atoms with Gasteiger partial charge in [0.1, 0.15) is 0 Å². The number of hydrogen-bond acceptors (Lipinski definition) is 2. The number of aliphatic hydroxyl groups excluding tert-OH is 2. The maximum absolute atomic E-state index is 8.91. The predicted octanol–water partition coefficient (Wildman–Crippen LogP) is 5.00. The molecule has 0 aliphatic heterocycles. The fourth-order valence-electron chi connectivity index (χ4n) is 2.16. The predicted molar refractivity (Wildman–Crippen MR) is 87.3 cm³/mol. The molecule has 0 unspecified atom stereocenters. The van der Waals surface area contributed by atoms with Gasteiger partial charge in [0.2, 0.25) is 0 Å². The summed E-state index contributed by atoms with van der Waals surface area (Å²) >= 11 is -3.29. The summed E-state index contributed by atoms with van der Waals surface area (Å²) in [5, 5.41) is 17.8. The molecule has 19 heavy (non-hydrogen) atoms. The van der Waals surface area contributed by atoms with E-state index in [-0.39, 0.29) is 12.2 Å². The van der Waals surface area contributed by atoms with Crippen LogP contribution in [0, 0.1) is 0 Å². The van der Waals surface area contributed by atoms with Crippen LogP contribution in [-0.4, -0.2) is 36.3 Å². The monoisotopic (exact) mass is 460 g/mol. The van der Waals surface area contributed by atoms with Crippen molar-refractivity contribution in [1.82, 2.24) is 0 Å². The van der Waals surface area contributed by atoms with Crippen LogP contribution in [0.2, 0.25) is 0 Å². The van der Waals surface area contributed by atoms with E-state index in [0.717, 1.165) is 25.7 Å². The average molecular weight is 461 g/mol.